The Morgan fingerprint density at radius 2 is 1.56 bits per heavy atom. The van der Waals surface area contributed by atoms with E-state index in [2.05, 4.69) is 19.8 Å². The predicted octanol–water partition coefficient (Wildman–Crippen LogP) is 1.41. The van der Waals surface area contributed by atoms with E-state index in [1.807, 2.05) is 6.07 Å². The van der Waals surface area contributed by atoms with Gasteiger partial charge in [-0.05, 0) is 12.1 Å². The van der Waals surface area contributed by atoms with Crippen LogP contribution in [0.25, 0.3) is 0 Å². The number of rotatable bonds is 3. The Kier molecular flexibility index (Phi) is 5.15. The largest absolute Gasteiger partial charge is 0.378 e. The Morgan fingerprint density at radius 3 is 2.22 bits per heavy atom. The lowest BCUT2D eigenvalue weighted by molar-refractivity contribution is 0.0742. The molecule has 0 N–H and O–H groups in total. The van der Waals surface area contributed by atoms with Crippen molar-refractivity contribution in [1.29, 1.82) is 0 Å². The van der Waals surface area contributed by atoms with E-state index in [0.29, 0.717) is 39.4 Å². The lowest BCUT2D eigenvalue weighted by atomic mass is 10.1. The van der Waals surface area contributed by atoms with Gasteiger partial charge in [-0.15, -0.1) is 0 Å². The predicted molar refractivity (Wildman–Crippen MR) is 99.6 cm³/mol. The second-order valence-corrected chi connectivity index (χ2v) is 6.59. The second kappa shape index (κ2) is 7.87. The Balaban J connectivity index is 1.40. The van der Waals surface area contributed by atoms with Crippen LogP contribution in [-0.2, 0) is 4.74 Å². The normalized spacial score (nSPS) is 17.9. The molecule has 0 unspecified atom stereocenters. The first-order valence-corrected chi connectivity index (χ1v) is 9.16. The highest BCUT2D eigenvalue weighted by Crippen LogP contribution is 2.20. The first kappa shape index (κ1) is 17.7. The highest BCUT2D eigenvalue weighted by Gasteiger charge is 2.25. The summed E-state index contributed by atoms with van der Waals surface area (Å²) in [5.41, 5.74) is 0.127. The SMILES string of the molecule is O=C(c1ccccc1F)N1CCN(c2cc(N3CCOCC3)ncn2)CC1. The van der Waals surface area contributed by atoms with Crippen molar-refractivity contribution in [3.63, 3.8) is 0 Å². The zero-order chi connectivity index (χ0) is 18.6. The van der Waals surface area contributed by atoms with Crippen molar-refractivity contribution in [3.05, 3.63) is 48.0 Å². The Hall–Kier alpha value is -2.74. The average molecular weight is 371 g/mol. The second-order valence-electron chi connectivity index (χ2n) is 6.59. The number of piperazine rings is 1. The van der Waals surface area contributed by atoms with Crippen molar-refractivity contribution in [2.45, 2.75) is 0 Å². The van der Waals surface area contributed by atoms with Crippen LogP contribution >= 0.6 is 0 Å². The van der Waals surface area contributed by atoms with E-state index in [1.165, 1.54) is 12.1 Å². The van der Waals surface area contributed by atoms with Crippen molar-refractivity contribution in [3.8, 4) is 0 Å². The molecule has 1 aromatic heterocycles. The van der Waals surface area contributed by atoms with E-state index in [9.17, 15) is 9.18 Å². The number of nitrogens with zero attached hydrogens (tertiary/aromatic N) is 5. The number of ether oxygens (including phenoxy) is 1. The maximum absolute atomic E-state index is 13.9. The molecule has 2 fully saturated rings. The summed E-state index contributed by atoms with van der Waals surface area (Å²) in [5, 5.41) is 0. The number of aromatic nitrogens is 2. The van der Waals surface area contributed by atoms with Gasteiger partial charge in [0.2, 0.25) is 0 Å². The summed E-state index contributed by atoms with van der Waals surface area (Å²) in [5.74, 6) is 1.01. The monoisotopic (exact) mass is 371 g/mol. The van der Waals surface area contributed by atoms with E-state index >= 15 is 0 Å². The molecule has 2 saturated heterocycles. The first-order chi connectivity index (χ1) is 13.2. The number of hydrogen-bond acceptors (Lipinski definition) is 6. The zero-order valence-electron chi connectivity index (χ0n) is 15.1. The van der Waals surface area contributed by atoms with Gasteiger partial charge >= 0.3 is 0 Å². The van der Waals surface area contributed by atoms with Crippen LogP contribution in [0.3, 0.4) is 0 Å². The van der Waals surface area contributed by atoms with Gasteiger partial charge in [0.05, 0.1) is 18.8 Å². The summed E-state index contributed by atoms with van der Waals surface area (Å²) in [7, 11) is 0. The van der Waals surface area contributed by atoms with E-state index < -0.39 is 5.82 Å². The number of amides is 1. The lowest BCUT2D eigenvalue weighted by Gasteiger charge is -2.36. The van der Waals surface area contributed by atoms with Gasteiger partial charge in [0.15, 0.2) is 0 Å². The van der Waals surface area contributed by atoms with Gasteiger partial charge in [0.25, 0.3) is 5.91 Å². The van der Waals surface area contributed by atoms with Crippen LogP contribution < -0.4 is 9.80 Å². The van der Waals surface area contributed by atoms with Gasteiger partial charge in [0, 0.05) is 45.3 Å². The van der Waals surface area contributed by atoms with Crippen molar-refractivity contribution < 1.29 is 13.9 Å². The molecule has 8 heteroatoms. The molecule has 2 aliphatic heterocycles. The van der Waals surface area contributed by atoms with E-state index in [0.717, 1.165) is 24.7 Å². The molecule has 0 saturated carbocycles. The van der Waals surface area contributed by atoms with Gasteiger partial charge in [-0.3, -0.25) is 4.79 Å². The smallest absolute Gasteiger partial charge is 0.256 e. The van der Waals surface area contributed by atoms with Crippen LogP contribution in [0.1, 0.15) is 10.4 Å². The molecule has 0 atom stereocenters. The van der Waals surface area contributed by atoms with Gasteiger partial charge in [-0.2, -0.15) is 0 Å². The maximum atomic E-state index is 13.9. The Labute approximate surface area is 157 Å². The molecular formula is C19H22FN5O2. The minimum absolute atomic E-state index is 0.127. The van der Waals surface area contributed by atoms with Gasteiger partial charge in [0.1, 0.15) is 23.8 Å². The minimum Gasteiger partial charge on any atom is -0.378 e. The molecule has 0 radical (unpaired) electrons. The van der Waals surface area contributed by atoms with E-state index in [1.54, 1.807) is 23.4 Å². The highest BCUT2D eigenvalue weighted by atomic mass is 19.1. The van der Waals surface area contributed by atoms with Crippen LogP contribution in [-0.4, -0.2) is 73.3 Å². The summed E-state index contributed by atoms with van der Waals surface area (Å²) in [4.78, 5) is 27.3. The third kappa shape index (κ3) is 3.85. The highest BCUT2D eigenvalue weighted by molar-refractivity contribution is 5.94. The van der Waals surface area contributed by atoms with Crippen molar-refractivity contribution in [2.24, 2.45) is 0 Å². The summed E-state index contributed by atoms with van der Waals surface area (Å²) in [6.07, 6.45) is 1.58. The molecule has 4 rings (SSSR count). The van der Waals surface area contributed by atoms with Crippen LogP contribution in [0.15, 0.2) is 36.7 Å². The molecule has 3 heterocycles. The van der Waals surface area contributed by atoms with Crippen LogP contribution in [0, 0.1) is 5.82 Å². The molecule has 7 nitrogen and oxygen atoms in total. The summed E-state index contributed by atoms with van der Waals surface area (Å²) >= 11 is 0. The number of carbonyl (C=O) groups is 1. The Bertz CT molecular complexity index is 804. The van der Waals surface area contributed by atoms with Gasteiger partial charge in [-0.25, -0.2) is 14.4 Å². The molecule has 27 heavy (non-hydrogen) atoms. The van der Waals surface area contributed by atoms with E-state index in [-0.39, 0.29) is 11.5 Å². The van der Waals surface area contributed by atoms with Crippen molar-refractivity contribution >= 4 is 17.5 Å². The number of anilines is 2. The van der Waals surface area contributed by atoms with Gasteiger partial charge in [-0.1, -0.05) is 12.1 Å². The summed E-state index contributed by atoms with van der Waals surface area (Å²) < 4.78 is 19.3. The third-order valence-electron chi connectivity index (χ3n) is 4.97. The lowest BCUT2D eigenvalue weighted by Crippen LogP contribution is -2.49. The number of hydrogen-bond donors (Lipinski definition) is 0. The van der Waals surface area contributed by atoms with Crippen LogP contribution in [0.4, 0.5) is 16.0 Å². The van der Waals surface area contributed by atoms with Crippen LogP contribution in [0.2, 0.25) is 0 Å². The molecule has 0 aliphatic carbocycles. The standard InChI is InChI=1S/C19H22FN5O2/c20-16-4-2-1-3-15(16)19(26)25-7-5-23(6-8-25)17-13-18(22-14-21-17)24-9-11-27-12-10-24/h1-4,13-14H,5-12H2. The fourth-order valence-corrected chi connectivity index (χ4v) is 3.42. The quantitative estimate of drug-likeness (QED) is 0.813. The number of carbonyl (C=O) groups excluding carboxylic acids is 1. The fraction of sp³-hybridized carbons (Fsp3) is 0.421. The zero-order valence-corrected chi connectivity index (χ0v) is 15.1. The molecule has 1 aromatic carbocycles. The first-order valence-electron chi connectivity index (χ1n) is 9.16. The fourth-order valence-electron chi connectivity index (χ4n) is 3.42. The maximum Gasteiger partial charge on any atom is 0.256 e. The number of morpholine rings is 1. The van der Waals surface area contributed by atoms with E-state index in [4.69, 9.17) is 4.74 Å². The molecule has 1 amide bonds. The molecular weight excluding hydrogens is 349 g/mol. The van der Waals surface area contributed by atoms with Crippen molar-refractivity contribution in [1.82, 2.24) is 14.9 Å². The third-order valence-corrected chi connectivity index (χ3v) is 4.97. The minimum atomic E-state index is -0.476. The van der Waals surface area contributed by atoms with Crippen LogP contribution in [0.5, 0.6) is 0 Å². The molecule has 142 valence electrons. The number of halogens is 1. The molecule has 2 aliphatic rings. The molecule has 0 spiro atoms. The summed E-state index contributed by atoms with van der Waals surface area (Å²) in [6, 6.07) is 8.10. The van der Waals surface area contributed by atoms with Crippen molar-refractivity contribution in [2.75, 3.05) is 62.3 Å². The van der Waals surface area contributed by atoms with Gasteiger partial charge < -0.3 is 19.4 Å². The average Bonchev–Trinajstić information content (AvgIpc) is 2.74. The molecule has 2 aromatic rings. The Morgan fingerprint density at radius 1 is 0.926 bits per heavy atom. The summed E-state index contributed by atoms with van der Waals surface area (Å²) in [6.45, 7) is 5.42. The number of benzene rings is 1. The molecule has 0 bridgehead atoms. The topological polar surface area (TPSA) is 61.8 Å².